The first-order valence-electron chi connectivity index (χ1n) is 8.60. The summed E-state index contributed by atoms with van der Waals surface area (Å²) in [5.41, 5.74) is 2.86. The van der Waals surface area contributed by atoms with E-state index in [9.17, 15) is 4.79 Å². The predicted octanol–water partition coefficient (Wildman–Crippen LogP) is 3.14. The van der Waals surface area contributed by atoms with E-state index in [4.69, 9.17) is 0 Å². The number of piperidine rings is 1. The van der Waals surface area contributed by atoms with Gasteiger partial charge in [-0.1, -0.05) is 12.1 Å². The quantitative estimate of drug-likeness (QED) is 0.842. The van der Waals surface area contributed by atoms with E-state index in [1.165, 1.54) is 6.42 Å². The van der Waals surface area contributed by atoms with Gasteiger partial charge in [-0.3, -0.25) is 4.79 Å². The van der Waals surface area contributed by atoms with Gasteiger partial charge in [-0.05, 0) is 50.9 Å². The van der Waals surface area contributed by atoms with Crippen molar-refractivity contribution < 1.29 is 4.79 Å². The molecular weight excluding hydrogens is 318 g/mol. The number of likely N-dealkylation sites (tertiary alicyclic amines) is 2. The van der Waals surface area contributed by atoms with Crippen molar-refractivity contribution >= 4 is 17.2 Å². The molecule has 2 aliphatic rings. The largest absolute Gasteiger partial charge is 0.338 e. The molecule has 0 bridgehead atoms. The minimum atomic E-state index is 0.174. The average Bonchev–Trinajstić information content (AvgIpc) is 3.20. The Kier molecular flexibility index (Phi) is 4.14. The van der Waals surface area contributed by atoms with Crippen molar-refractivity contribution in [2.75, 3.05) is 33.2 Å². The predicted molar refractivity (Wildman–Crippen MR) is 97.3 cm³/mol. The Balaban J connectivity index is 1.47. The number of aromatic nitrogens is 1. The summed E-state index contributed by atoms with van der Waals surface area (Å²) in [7, 11) is 2.18. The topological polar surface area (TPSA) is 36.4 Å². The first-order valence-corrected chi connectivity index (χ1v) is 9.48. The lowest BCUT2D eigenvalue weighted by atomic mass is 9.89. The van der Waals surface area contributed by atoms with E-state index in [0.29, 0.717) is 11.8 Å². The molecule has 2 saturated heterocycles. The van der Waals surface area contributed by atoms with E-state index < -0.39 is 0 Å². The second-order valence-electron chi connectivity index (χ2n) is 7.11. The van der Waals surface area contributed by atoms with Crippen LogP contribution >= 0.6 is 11.3 Å². The Labute approximate surface area is 147 Å². The molecule has 0 radical (unpaired) electrons. The molecule has 126 valence electrons. The van der Waals surface area contributed by atoms with Gasteiger partial charge in [0.05, 0.1) is 10.7 Å². The normalized spacial score (nSPS) is 24.2. The molecule has 1 aromatic heterocycles. The number of thiazole rings is 1. The first-order chi connectivity index (χ1) is 11.6. The van der Waals surface area contributed by atoms with Gasteiger partial charge in [-0.25, -0.2) is 4.98 Å². The van der Waals surface area contributed by atoms with Crippen LogP contribution in [0.4, 0.5) is 0 Å². The van der Waals surface area contributed by atoms with Crippen LogP contribution in [0.2, 0.25) is 0 Å². The number of hydrogen-bond acceptors (Lipinski definition) is 4. The fourth-order valence-electron chi connectivity index (χ4n) is 3.98. The maximum Gasteiger partial charge on any atom is 0.253 e. The molecule has 1 aromatic carbocycles. The van der Waals surface area contributed by atoms with Crippen LogP contribution < -0.4 is 0 Å². The lowest BCUT2D eigenvalue weighted by molar-refractivity contribution is 0.0784. The minimum Gasteiger partial charge on any atom is -0.338 e. The maximum absolute atomic E-state index is 12.8. The molecular formula is C19H23N3OS. The Bertz CT molecular complexity index is 739. The number of amides is 1. The highest BCUT2D eigenvalue weighted by atomic mass is 32.1. The fourth-order valence-corrected chi connectivity index (χ4v) is 4.60. The highest BCUT2D eigenvalue weighted by Gasteiger charge is 2.38. The highest BCUT2D eigenvalue weighted by Crippen LogP contribution is 2.31. The second kappa shape index (κ2) is 6.30. The molecule has 2 aromatic rings. The lowest BCUT2D eigenvalue weighted by Crippen LogP contribution is -2.37. The lowest BCUT2D eigenvalue weighted by Gasteiger charge is -2.31. The molecule has 2 aliphatic heterocycles. The summed E-state index contributed by atoms with van der Waals surface area (Å²) in [4.78, 5) is 21.8. The third-order valence-corrected chi connectivity index (χ3v) is 6.11. The van der Waals surface area contributed by atoms with Crippen LogP contribution in [0, 0.1) is 18.8 Å². The van der Waals surface area contributed by atoms with Crippen molar-refractivity contribution in [3.8, 4) is 11.3 Å². The van der Waals surface area contributed by atoms with E-state index in [1.54, 1.807) is 11.3 Å². The number of fused-ring (bicyclic) bond motifs is 1. The Morgan fingerprint density at radius 3 is 2.62 bits per heavy atom. The number of hydrogen-bond donors (Lipinski definition) is 0. The Morgan fingerprint density at radius 2 is 1.92 bits per heavy atom. The van der Waals surface area contributed by atoms with Crippen molar-refractivity contribution in [2.45, 2.75) is 13.3 Å². The number of aryl methyl sites for hydroxylation is 1. The number of rotatable bonds is 2. The molecule has 24 heavy (non-hydrogen) atoms. The summed E-state index contributed by atoms with van der Waals surface area (Å²) in [6, 6.07) is 7.91. The van der Waals surface area contributed by atoms with Crippen LogP contribution in [0.25, 0.3) is 11.3 Å². The number of carbonyl (C=O) groups excluding carboxylic acids is 1. The molecule has 1 amide bonds. The highest BCUT2D eigenvalue weighted by molar-refractivity contribution is 7.09. The number of nitrogens with zero attached hydrogens (tertiary/aromatic N) is 3. The van der Waals surface area contributed by atoms with E-state index in [-0.39, 0.29) is 5.91 Å². The van der Waals surface area contributed by atoms with Gasteiger partial charge >= 0.3 is 0 Å². The van der Waals surface area contributed by atoms with Gasteiger partial charge in [0.2, 0.25) is 0 Å². The molecule has 4 nitrogen and oxygen atoms in total. The van der Waals surface area contributed by atoms with E-state index in [0.717, 1.165) is 48.0 Å². The molecule has 0 N–H and O–H groups in total. The zero-order chi connectivity index (χ0) is 16.7. The van der Waals surface area contributed by atoms with Gasteiger partial charge in [-0.15, -0.1) is 11.3 Å². The zero-order valence-corrected chi connectivity index (χ0v) is 15.1. The molecule has 4 rings (SSSR count). The van der Waals surface area contributed by atoms with Gasteiger partial charge in [0, 0.05) is 36.1 Å². The summed E-state index contributed by atoms with van der Waals surface area (Å²) in [5, 5.41) is 3.13. The van der Waals surface area contributed by atoms with Crippen LogP contribution in [0.5, 0.6) is 0 Å². The SMILES string of the molecule is Cc1nc(-c2ccc(C(=O)N3C[C@H]4CCN(C)C[C@H]4C3)cc2)cs1. The van der Waals surface area contributed by atoms with E-state index >= 15 is 0 Å². The van der Waals surface area contributed by atoms with Crippen molar-refractivity contribution in [2.24, 2.45) is 11.8 Å². The van der Waals surface area contributed by atoms with Crippen LogP contribution in [0.1, 0.15) is 21.8 Å². The van der Waals surface area contributed by atoms with Crippen LogP contribution in [0.3, 0.4) is 0 Å². The number of carbonyl (C=O) groups is 1. The molecule has 0 aliphatic carbocycles. The molecule has 2 atom stereocenters. The van der Waals surface area contributed by atoms with Crippen LogP contribution in [-0.2, 0) is 0 Å². The van der Waals surface area contributed by atoms with Gasteiger partial charge < -0.3 is 9.80 Å². The van der Waals surface area contributed by atoms with Gasteiger partial charge in [0.1, 0.15) is 0 Å². The van der Waals surface area contributed by atoms with Crippen LogP contribution in [0.15, 0.2) is 29.6 Å². The van der Waals surface area contributed by atoms with Gasteiger partial charge in [0.25, 0.3) is 5.91 Å². The Morgan fingerprint density at radius 1 is 1.17 bits per heavy atom. The standard InChI is InChI=1S/C19H23N3OS/c1-13-20-18(12-24-13)14-3-5-15(6-4-14)19(23)22-10-16-7-8-21(2)9-17(16)11-22/h3-6,12,16-17H,7-11H2,1-2H3/t16-,17+/m1/s1. The molecule has 0 unspecified atom stereocenters. The van der Waals surface area contributed by atoms with Crippen LogP contribution in [-0.4, -0.2) is 53.9 Å². The summed E-state index contributed by atoms with van der Waals surface area (Å²) in [6.07, 6.45) is 1.22. The van der Waals surface area contributed by atoms with Crippen molar-refractivity contribution in [3.05, 3.63) is 40.2 Å². The van der Waals surface area contributed by atoms with Crippen molar-refractivity contribution in [3.63, 3.8) is 0 Å². The fraction of sp³-hybridized carbons (Fsp3) is 0.474. The molecule has 3 heterocycles. The van der Waals surface area contributed by atoms with E-state index in [1.807, 2.05) is 31.2 Å². The van der Waals surface area contributed by atoms with Gasteiger partial charge in [0.15, 0.2) is 0 Å². The average molecular weight is 341 g/mol. The first kappa shape index (κ1) is 15.8. The zero-order valence-electron chi connectivity index (χ0n) is 14.2. The third kappa shape index (κ3) is 2.98. The van der Waals surface area contributed by atoms with Crippen molar-refractivity contribution in [1.29, 1.82) is 0 Å². The second-order valence-corrected chi connectivity index (χ2v) is 8.17. The Hall–Kier alpha value is -1.72. The molecule has 0 spiro atoms. The maximum atomic E-state index is 12.8. The molecule has 0 saturated carbocycles. The smallest absolute Gasteiger partial charge is 0.253 e. The van der Waals surface area contributed by atoms with E-state index in [2.05, 4.69) is 27.2 Å². The van der Waals surface area contributed by atoms with Gasteiger partial charge in [-0.2, -0.15) is 0 Å². The molecule has 2 fully saturated rings. The monoisotopic (exact) mass is 341 g/mol. The summed E-state index contributed by atoms with van der Waals surface area (Å²) >= 11 is 1.65. The summed E-state index contributed by atoms with van der Waals surface area (Å²) < 4.78 is 0. The third-order valence-electron chi connectivity index (χ3n) is 5.34. The summed E-state index contributed by atoms with van der Waals surface area (Å²) in [5.74, 6) is 1.50. The molecule has 5 heteroatoms. The number of benzene rings is 1. The summed E-state index contributed by atoms with van der Waals surface area (Å²) in [6.45, 7) is 6.11. The van der Waals surface area contributed by atoms with Crippen molar-refractivity contribution in [1.82, 2.24) is 14.8 Å². The minimum absolute atomic E-state index is 0.174.